The van der Waals surface area contributed by atoms with Crippen LogP contribution >= 0.6 is 0 Å². The molecule has 0 unspecified atom stereocenters. The van der Waals surface area contributed by atoms with E-state index in [2.05, 4.69) is 10.2 Å². The summed E-state index contributed by atoms with van der Waals surface area (Å²) in [5, 5.41) is 13.8. The third-order valence-electron chi connectivity index (χ3n) is 5.63. The van der Waals surface area contributed by atoms with Crippen molar-refractivity contribution >= 4 is 23.2 Å². The third-order valence-corrected chi connectivity index (χ3v) is 5.63. The molecule has 0 aliphatic carbocycles. The standard InChI is InChI=1S/C23H28N4O4/c1-16(2)21(24-22(28)20-7-5-4-6-17(20)3)23(29)26-14-12-25(13-15-26)18-8-10-19(11-9-18)27(30)31/h4-11,16,21H,12-15H2,1-3H3,(H,24,28)/t21-/m0/s1. The lowest BCUT2D eigenvalue weighted by atomic mass is 10.0. The number of benzene rings is 2. The minimum absolute atomic E-state index is 0.0480. The number of piperazine rings is 1. The second-order valence-electron chi connectivity index (χ2n) is 8.10. The van der Waals surface area contributed by atoms with Crippen molar-refractivity contribution in [2.45, 2.75) is 26.8 Å². The molecular weight excluding hydrogens is 396 g/mol. The van der Waals surface area contributed by atoms with Gasteiger partial charge in [-0.3, -0.25) is 19.7 Å². The zero-order chi connectivity index (χ0) is 22.5. The van der Waals surface area contributed by atoms with Gasteiger partial charge >= 0.3 is 0 Å². The summed E-state index contributed by atoms with van der Waals surface area (Å²) in [4.78, 5) is 40.2. The number of carbonyl (C=O) groups is 2. The second-order valence-corrected chi connectivity index (χ2v) is 8.10. The van der Waals surface area contributed by atoms with Gasteiger partial charge in [-0.2, -0.15) is 0 Å². The van der Waals surface area contributed by atoms with E-state index in [0.717, 1.165) is 11.3 Å². The summed E-state index contributed by atoms with van der Waals surface area (Å²) >= 11 is 0. The highest BCUT2D eigenvalue weighted by Gasteiger charge is 2.31. The third kappa shape index (κ3) is 5.20. The molecule has 1 fully saturated rings. The second kappa shape index (κ2) is 9.59. The predicted octanol–water partition coefficient (Wildman–Crippen LogP) is 3.01. The molecule has 8 heteroatoms. The normalized spacial score (nSPS) is 15.0. The fraction of sp³-hybridized carbons (Fsp3) is 0.391. The minimum atomic E-state index is -0.599. The van der Waals surface area contributed by atoms with E-state index in [1.165, 1.54) is 12.1 Å². The maximum Gasteiger partial charge on any atom is 0.269 e. The van der Waals surface area contributed by atoms with Crippen LogP contribution in [-0.2, 0) is 4.79 Å². The van der Waals surface area contributed by atoms with E-state index in [0.29, 0.717) is 31.7 Å². The number of hydrogen-bond donors (Lipinski definition) is 1. The zero-order valence-corrected chi connectivity index (χ0v) is 18.1. The zero-order valence-electron chi connectivity index (χ0n) is 18.1. The first-order valence-electron chi connectivity index (χ1n) is 10.4. The molecule has 0 radical (unpaired) electrons. The Morgan fingerprint density at radius 3 is 2.16 bits per heavy atom. The minimum Gasteiger partial charge on any atom is -0.368 e. The van der Waals surface area contributed by atoms with E-state index in [9.17, 15) is 19.7 Å². The predicted molar refractivity (Wildman–Crippen MR) is 119 cm³/mol. The Morgan fingerprint density at radius 1 is 1.00 bits per heavy atom. The van der Waals surface area contributed by atoms with Crippen LogP contribution in [0.5, 0.6) is 0 Å². The molecule has 0 saturated carbocycles. The summed E-state index contributed by atoms with van der Waals surface area (Å²) in [5.41, 5.74) is 2.39. The Kier molecular flexibility index (Phi) is 6.89. The number of amides is 2. The quantitative estimate of drug-likeness (QED) is 0.568. The van der Waals surface area contributed by atoms with Crippen LogP contribution in [0.25, 0.3) is 0 Å². The van der Waals surface area contributed by atoms with E-state index in [1.807, 2.05) is 39.0 Å². The summed E-state index contributed by atoms with van der Waals surface area (Å²) in [5.74, 6) is -0.372. The van der Waals surface area contributed by atoms with Crippen LogP contribution in [-0.4, -0.2) is 53.9 Å². The summed E-state index contributed by atoms with van der Waals surface area (Å²) in [6.07, 6.45) is 0. The van der Waals surface area contributed by atoms with Crippen molar-refractivity contribution in [3.8, 4) is 0 Å². The molecular formula is C23H28N4O4. The summed E-state index contributed by atoms with van der Waals surface area (Å²) in [6, 6.07) is 13.2. The van der Waals surface area contributed by atoms with Crippen molar-refractivity contribution in [2.75, 3.05) is 31.1 Å². The SMILES string of the molecule is Cc1ccccc1C(=O)N[C@H](C(=O)N1CCN(c2ccc([N+](=O)[O-])cc2)CC1)C(C)C. The Labute approximate surface area is 182 Å². The Hall–Kier alpha value is -3.42. The molecule has 2 aromatic carbocycles. The molecule has 1 aliphatic heterocycles. The number of aryl methyl sites for hydroxylation is 1. The first-order valence-corrected chi connectivity index (χ1v) is 10.4. The first kappa shape index (κ1) is 22.3. The van der Waals surface area contributed by atoms with Crippen molar-refractivity contribution in [3.63, 3.8) is 0 Å². The van der Waals surface area contributed by atoms with Crippen LogP contribution in [0.2, 0.25) is 0 Å². The number of nitro benzene ring substituents is 1. The van der Waals surface area contributed by atoms with Gasteiger partial charge in [-0.25, -0.2) is 0 Å². The largest absolute Gasteiger partial charge is 0.368 e. The van der Waals surface area contributed by atoms with Crippen LogP contribution in [0.4, 0.5) is 11.4 Å². The number of nitrogens with zero attached hydrogens (tertiary/aromatic N) is 3. The first-order chi connectivity index (χ1) is 14.8. The number of non-ortho nitro benzene ring substituents is 1. The lowest BCUT2D eigenvalue weighted by Gasteiger charge is -2.38. The van der Waals surface area contributed by atoms with Crippen molar-refractivity contribution in [1.29, 1.82) is 0 Å². The van der Waals surface area contributed by atoms with E-state index in [1.54, 1.807) is 23.1 Å². The van der Waals surface area contributed by atoms with Crippen LogP contribution in [0, 0.1) is 23.0 Å². The van der Waals surface area contributed by atoms with Crippen LogP contribution in [0.1, 0.15) is 29.8 Å². The van der Waals surface area contributed by atoms with Gasteiger partial charge in [0.1, 0.15) is 6.04 Å². The Morgan fingerprint density at radius 2 is 1.61 bits per heavy atom. The Bertz CT molecular complexity index is 950. The number of anilines is 1. The van der Waals surface area contributed by atoms with Gasteiger partial charge in [0.05, 0.1) is 4.92 Å². The van der Waals surface area contributed by atoms with E-state index < -0.39 is 11.0 Å². The van der Waals surface area contributed by atoms with Crippen LogP contribution in [0.3, 0.4) is 0 Å². The summed E-state index contributed by atoms with van der Waals surface area (Å²) < 4.78 is 0. The molecule has 31 heavy (non-hydrogen) atoms. The van der Waals surface area contributed by atoms with Gasteiger partial charge in [-0.15, -0.1) is 0 Å². The topological polar surface area (TPSA) is 95.8 Å². The monoisotopic (exact) mass is 424 g/mol. The van der Waals surface area contributed by atoms with E-state index in [4.69, 9.17) is 0 Å². The van der Waals surface area contributed by atoms with Crippen LogP contribution in [0.15, 0.2) is 48.5 Å². The molecule has 1 atom stereocenters. The van der Waals surface area contributed by atoms with Crippen molar-refractivity contribution in [3.05, 3.63) is 69.8 Å². The molecule has 3 rings (SSSR count). The van der Waals surface area contributed by atoms with Gasteiger partial charge in [0.25, 0.3) is 11.6 Å². The number of rotatable bonds is 6. The fourth-order valence-corrected chi connectivity index (χ4v) is 3.73. The number of nitro groups is 1. The molecule has 164 valence electrons. The van der Waals surface area contributed by atoms with Gasteiger partial charge in [0.2, 0.25) is 5.91 Å². The van der Waals surface area contributed by atoms with Crippen molar-refractivity contribution < 1.29 is 14.5 Å². The number of nitrogens with one attached hydrogen (secondary N) is 1. The Balaban J connectivity index is 1.62. The van der Waals surface area contributed by atoms with E-state index in [-0.39, 0.29) is 23.4 Å². The molecule has 0 aromatic heterocycles. The average molecular weight is 425 g/mol. The van der Waals surface area contributed by atoms with Gasteiger partial charge < -0.3 is 15.1 Å². The lowest BCUT2D eigenvalue weighted by Crippen LogP contribution is -2.56. The summed E-state index contributed by atoms with van der Waals surface area (Å²) in [7, 11) is 0. The molecule has 2 amide bonds. The highest BCUT2D eigenvalue weighted by molar-refractivity contribution is 5.98. The highest BCUT2D eigenvalue weighted by atomic mass is 16.6. The smallest absolute Gasteiger partial charge is 0.269 e. The molecule has 8 nitrogen and oxygen atoms in total. The van der Waals surface area contributed by atoms with Crippen molar-refractivity contribution in [1.82, 2.24) is 10.2 Å². The summed E-state index contributed by atoms with van der Waals surface area (Å²) in [6.45, 7) is 8.03. The maximum atomic E-state index is 13.2. The lowest BCUT2D eigenvalue weighted by molar-refractivity contribution is -0.384. The van der Waals surface area contributed by atoms with Gasteiger partial charge in [-0.1, -0.05) is 32.0 Å². The highest BCUT2D eigenvalue weighted by Crippen LogP contribution is 2.21. The van der Waals surface area contributed by atoms with Crippen molar-refractivity contribution in [2.24, 2.45) is 5.92 Å². The molecule has 1 saturated heterocycles. The molecule has 0 bridgehead atoms. The number of hydrogen-bond acceptors (Lipinski definition) is 5. The average Bonchev–Trinajstić information content (AvgIpc) is 2.77. The van der Waals surface area contributed by atoms with Gasteiger partial charge in [0.15, 0.2) is 0 Å². The van der Waals surface area contributed by atoms with Gasteiger partial charge in [-0.05, 0) is 36.6 Å². The van der Waals surface area contributed by atoms with Crippen LogP contribution < -0.4 is 10.2 Å². The maximum absolute atomic E-state index is 13.2. The molecule has 1 N–H and O–H groups in total. The molecule has 0 spiro atoms. The molecule has 1 aliphatic rings. The fourth-order valence-electron chi connectivity index (χ4n) is 3.73. The molecule has 1 heterocycles. The van der Waals surface area contributed by atoms with Gasteiger partial charge in [0, 0.05) is 49.6 Å². The van der Waals surface area contributed by atoms with E-state index >= 15 is 0 Å². The number of carbonyl (C=O) groups excluding carboxylic acids is 2. The molecule has 2 aromatic rings.